The van der Waals surface area contributed by atoms with Crippen molar-refractivity contribution in [2.24, 2.45) is 0 Å². The molecule has 0 bridgehead atoms. The van der Waals surface area contributed by atoms with Crippen LogP contribution in [0.1, 0.15) is 17.4 Å². The number of carbonyl (C=O) groups is 1. The zero-order valence-electron chi connectivity index (χ0n) is 8.06. The molecule has 7 heteroatoms. The Balaban J connectivity index is 2.62. The summed E-state index contributed by atoms with van der Waals surface area (Å²) in [5.74, 6) is -0.482. The van der Waals surface area contributed by atoms with Gasteiger partial charge in [-0.05, 0) is 6.92 Å². The van der Waals surface area contributed by atoms with Gasteiger partial charge in [0.25, 0.3) is 11.6 Å². The van der Waals surface area contributed by atoms with Gasteiger partial charge in [0, 0.05) is 12.6 Å². The fraction of sp³-hybridized carbons (Fsp3) is 0.375. The predicted octanol–water partition coefficient (Wildman–Crippen LogP) is 0.0335. The number of amides is 1. The predicted molar refractivity (Wildman–Crippen MR) is 51.5 cm³/mol. The molecular weight excluding hydrogens is 202 g/mol. The van der Waals surface area contributed by atoms with E-state index in [0.717, 1.165) is 12.3 Å². The summed E-state index contributed by atoms with van der Waals surface area (Å²) < 4.78 is 0. The maximum atomic E-state index is 11.3. The van der Waals surface area contributed by atoms with Crippen LogP contribution in [0.5, 0.6) is 0 Å². The summed E-state index contributed by atoms with van der Waals surface area (Å²) in [6, 6.07) is 1.14. The van der Waals surface area contributed by atoms with Gasteiger partial charge in [-0.3, -0.25) is 14.9 Å². The summed E-state index contributed by atoms with van der Waals surface area (Å²) in [4.78, 5) is 23.5. The molecule has 0 fully saturated rings. The highest BCUT2D eigenvalue weighted by atomic mass is 16.6. The Morgan fingerprint density at radius 3 is 2.93 bits per heavy atom. The number of aliphatic hydroxyl groups is 1. The van der Waals surface area contributed by atoms with Crippen LogP contribution in [0.2, 0.25) is 0 Å². The number of aliphatic hydroxyl groups excluding tert-OH is 1. The fourth-order valence-electron chi connectivity index (χ4n) is 0.955. The van der Waals surface area contributed by atoms with Gasteiger partial charge in [-0.15, -0.1) is 0 Å². The number of aromatic amines is 1. The molecule has 1 aromatic heterocycles. The number of rotatable bonds is 4. The minimum atomic E-state index is -0.654. The Bertz CT molecular complexity index is 372. The van der Waals surface area contributed by atoms with E-state index in [0.29, 0.717) is 0 Å². The highest BCUT2D eigenvalue weighted by molar-refractivity contribution is 5.93. The van der Waals surface area contributed by atoms with E-state index in [1.807, 2.05) is 0 Å². The molecule has 0 spiro atoms. The summed E-state index contributed by atoms with van der Waals surface area (Å²) in [5, 5.41) is 21.6. The van der Waals surface area contributed by atoms with Crippen LogP contribution in [0.4, 0.5) is 5.69 Å². The topological polar surface area (TPSA) is 108 Å². The van der Waals surface area contributed by atoms with E-state index in [4.69, 9.17) is 5.11 Å². The van der Waals surface area contributed by atoms with Crippen LogP contribution in [-0.4, -0.2) is 33.6 Å². The minimum Gasteiger partial charge on any atom is -0.392 e. The van der Waals surface area contributed by atoms with E-state index < -0.39 is 16.9 Å². The first kappa shape index (κ1) is 11.2. The molecular formula is C8H11N3O4. The van der Waals surface area contributed by atoms with Gasteiger partial charge >= 0.3 is 0 Å². The Hall–Kier alpha value is -1.89. The molecule has 0 radical (unpaired) electrons. The lowest BCUT2D eigenvalue weighted by Gasteiger charge is -2.04. The van der Waals surface area contributed by atoms with Crippen molar-refractivity contribution in [2.45, 2.75) is 13.0 Å². The third-order valence-corrected chi connectivity index (χ3v) is 1.68. The molecule has 0 aliphatic rings. The second-order valence-corrected chi connectivity index (χ2v) is 3.09. The zero-order valence-corrected chi connectivity index (χ0v) is 8.06. The third kappa shape index (κ3) is 3.06. The SMILES string of the molecule is C[C@@H](O)CNC(=O)c1cc([N+](=O)[O-])c[nH]1. The van der Waals surface area contributed by atoms with Crippen molar-refractivity contribution in [1.29, 1.82) is 0 Å². The van der Waals surface area contributed by atoms with Gasteiger partial charge < -0.3 is 15.4 Å². The van der Waals surface area contributed by atoms with E-state index >= 15 is 0 Å². The lowest BCUT2D eigenvalue weighted by atomic mass is 10.3. The molecule has 0 aliphatic heterocycles. The standard InChI is InChI=1S/C8H11N3O4/c1-5(12)3-10-8(13)7-2-6(4-9-7)11(14)15/h2,4-5,9,12H,3H2,1H3,(H,10,13)/t5-/m1/s1. The molecule has 0 aromatic carbocycles. The average molecular weight is 213 g/mol. The molecule has 82 valence electrons. The molecule has 0 saturated carbocycles. The zero-order chi connectivity index (χ0) is 11.4. The monoisotopic (exact) mass is 213 g/mol. The highest BCUT2D eigenvalue weighted by Crippen LogP contribution is 2.11. The van der Waals surface area contributed by atoms with Gasteiger partial charge in [0.05, 0.1) is 17.2 Å². The van der Waals surface area contributed by atoms with Crippen molar-refractivity contribution >= 4 is 11.6 Å². The molecule has 1 amide bonds. The molecule has 15 heavy (non-hydrogen) atoms. The van der Waals surface area contributed by atoms with Crippen molar-refractivity contribution in [3.8, 4) is 0 Å². The van der Waals surface area contributed by atoms with Gasteiger partial charge in [-0.2, -0.15) is 0 Å². The van der Waals surface area contributed by atoms with Crippen LogP contribution in [0.15, 0.2) is 12.3 Å². The van der Waals surface area contributed by atoms with E-state index in [-0.39, 0.29) is 17.9 Å². The number of aromatic nitrogens is 1. The van der Waals surface area contributed by atoms with Crippen LogP contribution in [0.25, 0.3) is 0 Å². The molecule has 1 heterocycles. The number of hydrogen-bond donors (Lipinski definition) is 3. The molecule has 0 unspecified atom stereocenters. The normalized spacial score (nSPS) is 12.1. The van der Waals surface area contributed by atoms with E-state index in [9.17, 15) is 14.9 Å². The first-order chi connectivity index (χ1) is 7.00. The summed E-state index contributed by atoms with van der Waals surface area (Å²) in [6.07, 6.45) is 0.482. The number of nitro groups is 1. The fourth-order valence-corrected chi connectivity index (χ4v) is 0.955. The van der Waals surface area contributed by atoms with Crippen LogP contribution in [0.3, 0.4) is 0 Å². The lowest BCUT2D eigenvalue weighted by molar-refractivity contribution is -0.384. The van der Waals surface area contributed by atoms with Gasteiger partial charge in [-0.1, -0.05) is 0 Å². The number of H-pyrrole nitrogens is 1. The van der Waals surface area contributed by atoms with Gasteiger partial charge in [0.15, 0.2) is 0 Å². The first-order valence-electron chi connectivity index (χ1n) is 4.29. The Morgan fingerprint density at radius 1 is 1.80 bits per heavy atom. The molecule has 1 aromatic rings. The van der Waals surface area contributed by atoms with E-state index in [1.165, 1.54) is 6.92 Å². The van der Waals surface area contributed by atoms with Crippen LogP contribution in [0, 0.1) is 10.1 Å². The second kappa shape index (κ2) is 4.56. The quantitative estimate of drug-likeness (QED) is 0.484. The van der Waals surface area contributed by atoms with E-state index in [1.54, 1.807) is 0 Å². The van der Waals surface area contributed by atoms with Gasteiger partial charge in [0.2, 0.25) is 0 Å². The molecule has 7 nitrogen and oxygen atoms in total. The molecule has 0 saturated heterocycles. The highest BCUT2D eigenvalue weighted by Gasteiger charge is 2.14. The largest absolute Gasteiger partial charge is 0.392 e. The maximum Gasteiger partial charge on any atom is 0.287 e. The maximum absolute atomic E-state index is 11.3. The van der Waals surface area contributed by atoms with Crippen LogP contribution < -0.4 is 5.32 Å². The Kier molecular flexibility index (Phi) is 3.40. The second-order valence-electron chi connectivity index (χ2n) is 3.09. The average Bonchev–Trinajstić information content (AvgIpc) is 2.62. The van der Waals surface area contributed by atoms with Crippen molar-refractivity contribution < 1.29 is 14.8 Å². The van der Waals surface area contributed by atoms with Crippen molar-refractivity contribution in [2.75, 3.05) is 6.54 Å². The Labute approximate surface area is 85.3 Å². The lowest BCUT2D eigenvalue weighted by Crippen LogP contribution is -2.30. The minimum absolute atomic E-state index is 0.0994. The summed E-state index contributed by atoms with van der Waals surface area (Å²) >= 11 is 0. The van der Waals surface area contributed by atoms with Crippen molar-refractivity contribution in [3.05, 3.63) is 28.1 Å². The van der Waals surface area contributed by atoms with Gasteiger partial charge in [-0.25, -0.2) is 0 Å². The number of carbonyl (C=O) groups excluding carboxylic acids is 1. The van der Waals surface area contributed by atoms with Crippen LogP contribution in [-0.2, 0) is 0 Å². The molecule has 3 N–H and O–H groups in total. The van der Waals surface area contributed by atoms with Gasteiger partial charge in [0.1, 0.15) is 5.69 Å². The number of hydrogen-bond acceptors (Lipinski definition) is 4. The van der Waals surface area contributed by atoms with Crippen molar-refractivity contribution in [1.82, 2.24) is 10.3 Å². The smallest absolute Gasteiger partial charge is 0.287 e. The summed E-state index contributed by atoms with van der Waals surface area (Å²) in [6.45, 7) is 1.63. The number of nitrogens with zero attached hydrogens (tertiary/aromatic N) is 1. The third-order valence-electron chi connectivity index (χ3n) is 1.68. The first-order valence-corrected chi connectivity index (χ1v) is 4.29. The molecule has 0 aliphatic carbocycles. The molecule has 1 atom stereocenters. The van der Waals surface area contributed by atoms with E-state index in [2.05, 4.69) is 10.3 Å². The number of nitrogens with one attached hydrogen (secondary N) is 2. The van der Waals surface area contributed by atoms with Crippen LogP contribution >= 0.6 is 0 Å². The Morgan fingerprint density at radius 2 is 2.47 bits per heavy atom. The van der Waals surface area contributed by atoms with Crippen molar-refractivity contribution in [3.63, 3.8) is 0 Å². The summed E-state index contributed by atoms with van der Waals surface area (Å²) in [5.41, 5.74) is -0.0699. The molecule has 1 rings (SSSR count). The summed E-state index contributed by atoms with van der Waals surface area (Å²) in [7, 11) is 0.